The van der Waals surface area contributed by atoms with Crippen molar-refractivity contribution < 1.29 is 0 Å². The largest absolute Gasteiger partial charge is 0.342 e. The van der Waals surface area contributed by atoms with Gasteiger partial charge in [-0.05, 0) is 32.4 Å². The van der Waals surface area contributed by atoms with Crippen LogP contribution in [0, 0.1) is 13.8 Å². The number of imidazole rings is 1. The molecule has 1 aromatic carbocycles. The minimum absolute atomic E-state index is 0.546. The third-order valence-corrected chi connectivity index (χ3v) is 3.71. The van der Waals surface area contributed by atoms with Crippen LogP contribution < -0.4 is 5.32 Å². The van der Waals surface area contributed by atoms with Crippen LogP contribution in [-0.2, 0) is 0 Å². The van der Waals surface area contributed by atoms with Crippen LogP contribution in [0.1, 0.15) is 29.3 Å². The molecule has 0 bridgehead atoms. The fraction of sp³-hybridized carbons (Fsp3) is 0.400. The average Bonchev–Trinajstić information content (AvgIpc) is 2.99. The van der Waals surface area contributed by atoms with E-state index < -0.39 is 0 Å². The Kier molecular flexibility index (Phi) is 2.92. The van der Waals surface area contributed by atoms with Crippen molar-refractivity contribution in [1.29, 1.82) is 0 Å². The first-order valence-corrected chi connectivity index (χ1v) is 6.57. The summed E-state index contributed by atoms with van der Waals surface area (Å²) < 4.78 is 0. The Labute approximate surface area is 108 Å². The lowest BCUT2D eigenvalue weighted by molar-refractivity contribution is 0.715. The van der Waals surface area contributed by atoms with E-state index in [1.54, 1.807) is 0 Å². The van der Waals surface area contributed by atoms with Crippen LogP contribution in [0.4, 0.5) is 0 Å². The second-order valence-corrected chi connectivity index (χ2v) is 5.19. The molecule has 1 aliphatic rings. The lowest BCUT2D eigenvalue weighted by atomic mass is 10.0. The van der Waals surface area contributed by atoms with Crippen molar-refractivity contribution in [2.45, 2.75) is 26.2 Å². The van der Waals surface area contributed by atoms with Crippen molar-refractivity contribution in [3.05, 3.63) is 41.3 Å². The van der Waals surface area contributed by atoms with Gasteiger partial charge in [0.2, 0.25) is 0 Å². The van der Waals surface area contributed by atoms with Crippen LogP contribution >= 0.6 is 0 Å². The summed E-state index contributed by atoms with van der Waals surface area (Å²) >= 11 is 0. The van der Waals surface area contributed by atoms with E-state index in [0.717, 1.165) is 24.6 Å². The van der Waals surface area contributed by atoms with E-state index in [9.17, 15) is 0 Å². The molecule has 3 rings (SSSR count). The number of H-pyrrole nitrogens is 1. The van der Waals surface area contributed by atoms with Crippen LogP contribution in [0.15, 0.2) is 24.4 Å². The summed E-state index contributed by atoms with van der Waals surface area (Å²) in [6.45, 7) is 6.42. The average molecular weight is 241 g/mol. The zero-order valence-electron chi connectivity index (χ0n) is 11.0. The molecule has 3 heteroatoms. The van der Waals surface area contributed by atoms with Gasteiger partial charge in [0.05, 0.1) is 11.9 Å². The Hall–Kier alpha value is -1.61. The first kappa shape index (κ1) is 11.5. The minimum atomic E-state index is 0.546. The molecule has 1 atom stereocenters. The molecule has 3 nitrogen and oxygen atoms in total. The number of aromatic nitrogens is 2. The highest BCUT2D eigenvalue weighted by molar-refractivity contribution is 5.63. The highest BCUT2D eigenvalue weighted by Crippen LogP contribution is 2.26. The monoisotopic (exact) mass is 241 g/mol. The van der Waals surface area contributed by atoms with Gasteiger partial charge in [-0.3, -0.25) is 0 Å². The van der Waals surface area contributed by atoms with Gasteiger partial charge in [-0.15, -0.1) is 0 Å². The van der Waals surface area contributed by atoms with E-state index in [2.05, 4.69) is 47.3 Å². The zero-order valence-corrected chi connectivity index (χ0v) is 11.0. The normalized spacial score (nSPS) is 19.3. The van der Waals surface area contributed by atoms with E-state index in [0.29, 0.717) is 5.92 Å². The lowest BCUT2D eigenvalue weighted by Gasteiger charge is -2.06. The minimum Gasteiger partial charge on any atom is -0.342 e. The Morgan fingerprint density at radius 1 is 1.28 bits per heavy atom. The molecule has 1 aromatic heterocycles. The Bertz CT molecular complexity index is 551. The molecule has 0 radical (unpaired) electrons. The van der Waals surface area contributed by atoms with Crippen LogP contribution in [-0.4, -0.2) is 23.1 Å². The fourth-order valence-corrected chi connectivity index (χ4v) is 2.68. The van der Waals surface area contributed by atoms with E-state index in [1.807, 2.05) is 6.20 Å². The number of hydrogen-bond donors (Lipinski definition) is 2. The maximum atomic E-state index is 4.54. The molecule has 1 saturated heterocycles. The molecule has 2 heterocycles. The molecule has 0 amide bonds. The number of rotatable bonds is 2. The molecule has 0 saturated carbocycles. The second kappa shape index (κ2) is 4.58. The molecule has 0 spiro atoms. The Morgan fingerprint density at radius 3 is 2.89 bits per heavy atom. The molecule has 18 heavy (non-hydrogen) atoms. The summed E-state index contributed by atoms with van der Waals surface area (Å²) in [5, 5.41) is 3.38. The number of benzene rings is 1. The van der Waals surface area contributed by atoms with Crippen molar-refractivity contribution in [1.82, 2.24) is 15.3 Å². The Balaban J connectivity index is 1.92. The van der Waals surface area contributed by atoms with Crippen molar-refractivity contribution in [3.63, 3.8) is 0 Å². The molecule has 0 aliphatic carbocycles. The molecule has 94 valence electrons. The predicted octanol–water partition coefficient (Wildman–Crippen LogP) is 2.77. The summed E-state index contributed by atoms with van der Waals surface area (Å²) in [6.07, 6.45) is 3.14. The molecule has 1 unspecified atom stereocenters. The number of hydrogen-bond acceptors (Lipinski definition) is 2. The molecule has 2 N–H and O–H groups in total. The summed E-state index contributed by atoms with van der Waals surface area (Å²) in [7, 11) is 0. The predicted molar refractivity (Wildman–Crippen MR) is 73.7 cm³/mol. The summed E-state index contributed by atoms with van der Waals surface area (Å²) in [4.78, 5) is 8.02. The summed E-state index contributed by atoms with van der Waals surface area (Å²) in [5.74, 6) is 1.67. The lowest BCUT2D eigenvalue weighted by Crippen LogP contribution is -2.08. The first-order valence-electron chi connectivity index (χ1n) is 6.57. The SMILES string of the molecule is Cc1ccc(-c2cnc(C3CCNC3)[nH]2)c(C)c1. The van der Waals surface area contributed by atoms with E-state index in [4.69, 9.17) is 0 Å². The van der Waals surface area contributed by atoms with Gasteiger partial charge >= 0.3 is 0 Å². The van der Waals surface area contributed by atoms with Gasteiger partial charge in [-0.25, -0.2) is 4.98 Å². The molecular weight excluding hydrogens is 222 g/mol. The topological polar surface area (TPSA) is 40.7 Å². The highest BCUT2D eigenvalue weighted by Gasteiger charge is 2.19. The number of nitrogens with one attached hydrogen (secondary N) is 2. The third kappa shape index (κ3) is 2.06. The molecule has 1 fully saturated rings. The summed E-state index contributed by atoms with van der Waals surface area (Å²) in [6, 6.07) is 6.54. The van der Waals surface area contributed by atoms with Gasteiger partial charge in [-0.2, -0.15) is 0 Å². The number of nitrogens with zero attached hydrogens (tertiary/aromatic N) is 1. The van der Waals surface area contributed by atoms with Crippen LogP contribution in [0.3, 0.4) is 0 Å². The van der Waals surface area contributed by atoms with Gasteiger partial charge in [-0.1, -0.05) is 23.8 Å². The van der Waals surface area contributed by atoms with E-state index in [-0.39, 0.29) is 0 Å². The van der Waals surface area contributed by atoms with Gasteiger partial charge in [0.15, 0.2) is 0 Å². The van der Waals surface area contributed by atoms with Crippen molar-refractivity contribution in [2.24, 2.45) is 0 Å². The summed E-state index contributed by atoms with van der Waals surface area (Å²) in [5.41, 5.74) is 4.99. The standard InChI is InChI=1S/C15H19N3/c1-10-3-4-13(11(2)7-10)14-9-17-15(18-14)12-5-6-16-8-12/h3-4,7,9,12,16H,5-6,8H2,1-2H3,(H,17,18). The molecule has 1 aliphatic heterocycles. The van der Waals surface area contributed by atoms with Gasteiger partial charge < -0.3 is 10.3 Å². The fourth-order valence-electron chi connectivity index (χ4n) is 2.68. The van der Waals surface area contributed by atoms with E-state index in [1.165, 1.54) is 23.1 Å². The second-order valence-electron chi connectivity index (χ2n) is 5.19. The van der Waals surface area contributed by atoms with Crippen LogP contribution in [0.25, 0.3) is 11.3 Å². The molecule has 2 aromatic rings. The quantitative estimate of drug-likeness (QED) is 0.848. The van der Waals surface area contributed by atoms with Crippen molar-refractivity contribution >= 4 is 0 Å². The number of aryl methyl sites for hydroxylation is 2. The smallest absolute Gasteiger partial charge is 0.110 e. The van der Waals surface area contributed by atoms with E-state index >= 15 is 0 Å². The maximum absolute atomic E-state index is 4.54. The van der Waals surface area contributed by atoms with Gasteiger partial charge in [0.25, 0.3) is 0 Å². The Morgan fingerprint density at radius 2 is 2.17 bits per heavy atom. The third-order valence-electron chi connectivity index (χ3n) is 3.71. The highest BCUT2D eigenvalue weighted by atomic mass is 15.0. The van der Waals surface area contributed by atoms with Crippen LogP contribution in [0.5, 0.6) is 0 Å². The first-order chi connectivity index (χ1) is 8.74. The maximum Gasteiger partial charge on any atom is 0.110 e. The molecular formula is C15H19N3. The van der Waals surface area contributed by atoms with Gasteiger partial charge in [0, 0.05) is 18.0 Å². The zero-order chi connectivity index (χ0) is 12.5. The van der Waals surface area contributed by atoms with Gasteiger partial charge in [0.1, 0.15) is 5.82 Å². The number of aromatic amines is 1. The van der Waals surface area contributed by atoms with Crippen molar-refractivity contribution in [3.8, 4) is 11.3 Å². The van der Waals surface area contributed by atoms with Crippen molar-refractivity contribution in [2.75, 3.05) is 13.1 Å². The van der Waals surface area contributed by atoms with Crippen LogP contribution in [0.2, 0.25) is 0 Å².